The lowest BCUT2D eigenvalue weighted by molar-refractivity contribution is -0.121. The van der Waals surface area contributed by atoms with Crippen LogP contribution in [0.3, 0.4) is 0 Å². The van der Waals surface area contributed by atoms with Crippen LogP contribution in [0.5, 0.6) is 0 Å². The van der Waals surface area contributed by atoms with E-state index in [1.807, 2.05) is 24.3 Å². The standard InChI is InChI=1S/C18H27ClN2O/c1-18(2,15-5-3-4-6-16(15)19)13-21-17(22)8-7-14-9-11-20-12-10-14/h3-6,14,20H,7-13H2,1-2H3,(H,21,22). The number of hydrogen-bond acceptors (Lipinski definition) is 2. The van der Waals surface area contributed by atoms with Crippen molar-refractivity contribution in [3.63, 3.8) is 0 Å². The van der Waals surface area contributed by atoms with Gasteiger partial charge < -0.3 is 10.6 Å². The Hall–Kier alpha value is -1.06. The molecule has 1 aliphatic rings. The lowest BCUT2D eigenvalue weighted by atomic mass is 9.84. The van der Waals surface area contributed by atoms with Crippen molar-refractivity contribution in [2.24, 2.45) is 5.92 Å². The van der Waals surface area contributed by atoms with E-state index >= 15 is 0 Å². The first-order valence-corrected chi connectivity index (χ1v) is 8.59. The van der Waals surface area contributed by atoms with Gasteiger partial charge in [-0.3, -0.25) is 4.79 Å². The number of nitrogens with one attached hydrogen (secondary N) is 2. The molecule has 122 valence electrons. The quantitative estimate of drug-likeness (QED) is 0.841. The maximum Gasteiger partial charge on any atom is 0.220 e. The number of piperidine rings is 1. The number of carbonyl (C=O) groups is 1. The Labute approximate surface area is 138 Å². The molecule has 22 heavy (non-hydrogen) atoms. The Morgan fingerprint density at radius 3 is 2.68 bits per heavy atom. The molecule has 0 aromatic heterocycles. The third-order valence-corrected chi connectivity index (χ3v) is 4.90. The fourth-order valence-corrected chi connectivity index (χ4v) is 3.41. The molecule has 0 aliphatic carbocycles. The van der Waals surface area contributed by atoms with Crippen molar-refractivity contribution in [2.75, 3.05) is 19.6 Å². The summed E-state index contributed by atoms with van der Waals surface area (Å²) in [5.41, 5.74) is 0.915. The van der Waals surface area contributed by atoms with E-state index in [1.165, 1.54) is 12.8 Å². The van der Waals surface area contributed by atoms with Crippen LogP contribution in [0.2, 0.25) is 5.02 Å². The molecule has 1 aliphatic heterocycles. The third kappa shape index (κ3) is 4.99. The van der Waals surface area contributed by atoms with E-state index in [1.54, 1.807) is 0 Å². The summed E-state index contributed by atoms with van der Waals surface area (Å²) in [5.74, 6) is 0.849. The van der Waals surface area contributed by atoms with Crippen LogP contribution >= 0.6 is 11.6 Å². The zero-order valence-electron chi connectivity index (χ0n) is 13.6. The van der Waals surface area contributed by atoms with Crippen molar-refractivity contribution in [1.29, 1.82) is 0 Å². The van der Waals surface area contributed by atoms with E-state index in [0.717, 1.165) is 30.1 Å². The smallest absolute Gasteiger partial charge is 0.220 e. The summed E-state index contributed by atoms with van der Waals surface area (Å²) < 4.78 is 0. The Balaban J connectivity index is 1.78. The highest BCUT2D eigenvalue weighted by Crippen LogP contribution is 2.29. The molecule has 1 aromatic carbocycles. The fraction of sp³-hybridized carbons (Fsp3) is 0.611. The minimum absolute atomic E-state index is 0.152. The summed E-state index contributed by atoms with van der Waals surface area (Å²) in [6, 6.07) is 7.85. The predicted octanol–water partition coefficient (Wildman–Crippen LogP) is 3.51. The van der Waals surface area contributed by atoms with Gasteiger partial charge >= 0.3 is 0 Å². The van der Waals surface area contributed by atoms with Crippen LogP contribution in [0, 0.1) is 5.92 Å². The van der Waals surface area contributed by atoms with Crippen molar-refractivity contribution in [1.82, 2.24) is 10.6 Å². The second-order valence-electron chi connectivity index (χ2n) is 6.87. The van der Waals surface area contributed by atoms with Crippen molar-refractivity contribution < 1.29 is 4.79 Å². The number of rotatable bonds is 6. The summed E-state index contributed by atoms with van der Waals surface area (Å²) in [4.78, 5) is 12.1. The van der Waals surface area contributed by atoms with Gasteiger partial charge in [-0.15, -0.1) is 0 Å². The highest BCUT2D eigenvalue weighted by Gasteiger charge is 2.24. The van der Waals surface area contributed by atoms with E-state index in [9.17, 15) is 4.79 Å². The number of hydrogen-bond donors (Lipinski definition) is 2. The first-order chi connectivity index (χ1) is 10.5. The number of carbonyl (C=O) groups excluding carboxylic acids is 1. The largest absolute Gasteiger partial charge is 0.355 e. The summed E-state index contributed by atoms with van der Waals surface area (Å²) in [7, 11) is 0. The molecule has 1 aromatic rings. The number of halogens is 1. The molecule has 4 heteroatoms. The number of benzene rings is 1. The molecule has 1 fully saturated rings. The normalized spacial score (nSPS) is 16.5. The summed E-state index contributed by atoms with van der Waals surface area (Å²) in [5, 5.41) is 7.19. The van der Waals surface area contributed by atoms with Gasteiger partial charge in [0.15, 0.2) is 0 Å². The zero-order chi connectivity index (χ0) is 16.0. The molecule has 3 nitrogen and oxygen atoms in total. The SMILES string of the molecule is CC(C)(CNC(=O)CCC1CCNCC1)c1ccccc1Cl. The van der Waals surface area contributed by atoms with Crippen LogP contribution in [0.4, 0.5) is 0 Å². The monoisotopic (exact) mass is 322 g/mol. The maximum absolute atomic E-state index is 12.1. The molecule has 2 N–H and O–H groups in total. The van der Waals surface area contributed by atoms with E-state index in [-0.39, 0.29) is 11.3 Å². The Morgan fingerprint density at radius 2 is 2.00 bits per heavy atom. The van der Waals surface area contributed by atoms with Gasteiger partial charge in [0.05, 0.1) is 0 Å². The molecule has 0 radical (unpaired) electrons. The maximum atomic E-state index is 12.1. The van der Waals surface area contributed by atoms with Gasteiger partial charge in [-0.1, -0.05) is 43.6 Å². The van der Waals surface area contributed by atoms with Crippen LogP contribution in [-0.2, 0) is 10.2 Å². The second kappa shape index (κ2) is 7.98. The first kappa shape index (κ1) is 17.3. The van der Waals surface area contributed by atoms with Gasteiger partial charge in [0.25, 0.3) is 0 Å². The molecule has 1 heterocycles. The third-order valence-electron chi connectivity index (χ3n) is 4.57. The number of amides is 1. The predicted molar refractivity (Wildman–Crippen MR) is 92.3 cm³/mol. The lowest BCUT2D eigenvalue weighted by Crippen LogP contribution is -2.37. The van der Waals surface area contributed by atoms with Crippen LogP contribution in [-0.4, -0.2) is 25.5 Å². The zero-order valence-corrected chi connectivity index (χ0v) is 14.4. The average Bonchev–Trinajstić information content (AvgIpc) is 2.52. The molecular formula is C18H27ClN2O. The minimum atomic E-state index is -0.164. The minimum Gasteiger partial charge on any atom is -0.355 e. The van der Waals surface area contributed by atoms with Crippen molar-refractivity contribution in [2.45, 2.75) is 44.9 Å². The Morgan fingerprint density at radius 1 is 1.32 bits per heavy atom. The summed E-state index contributed by atoms with van der Waals surface area (Å²) in [6.45, 7) is 7.02. The summed E-state index contributed by atoms with van der Waals surface area (Å²) in [6.07, 6.45) is 4.01. The fourth-order valence-electron chi connectivity index (χ4n) is 3.02. The van der Waals surface area contributed by atoms with E-state index < -0.39 is 0 Å². The van der Waals surface area contributed by atoms with Gasteiger partial charge in [0, 0.05) is 23.4 Å². The van der Waals surface area contributed by atoms with E-state index in [0.29, 0.717) is 18.9 Å². The molecule has 0 unspecified atom stereocenters. The molecule has 0 atom stereocenters. The van der Waals surface area contributed by atoms with Gasteiger partial charge in [-0.25, -0.2) is 0 Å². The highest BCUT2D eigenvalue weighted by molar-refractivity contribution is 6.31. The molecule has 1 saturated heterocycles. The topological polar surface area (TPSA) is 41.1 Å². The molecule has 1 amide bonds. The van der Waals surface area contributed by atoms with Gasteiger partial charge in [0.1, 0.15) is 0 Å². The first-order valence-electron chi connectivity index (χ1n) is 8.21. The second-order valence-corrected chi connectivity index (χ2v) is 7.28. The molecule has 2 rings (SSSR count). The average molecular weight is 323 g/mol. The van der Waals surface area contributed by atoms with Crippen LogP contribution in [0.15, 0.2) is 24.3 Å². The summed E-state index contributed by atoms with van der Waals surface area (Å²) >= 11 is 6.27. The van der Waals surface area contributed by atoms with Crippen molar-refractivity contribution in [3.8, 4) is 0 Å². The van der Waals surface area contributed by atoms with Gasteiger partial charge in [-0.05, 0) is 49.9 Å². The van der Waals surface area contributed by atoms with Crippen molar-refractivity contribution in [3.05, 3.63) is 34.9 Å². The van der Waals surface area contributed by atoms with Gasteiger partial charge in [0.2, 0.25) is 5.91 Å². The van der Waals surface area contributed by atoms with E-state index in [2.05, 4.69) is 24.5 Å². The van der Waals surface area contributed by atoms with Gasteiger partial charge in [-0.2, -0.15) is 0 Å². The Bertz CT molecular complexity index is 496. The lowest BCUT2D eigenvalue weighted by Gasteiger charge is -2.27. The highest BCUT2D eigenvalue weighted by atomic mass is 35.5. The molecule has 0 spiro atoms. The van der Waals surface area contributed by atoms with Crippen LogP contribution in [0.25, 0.3) is 0 Å². The molecular weight excluding hydrogens is 296 g/mol. The van der Waals surface area contributed by atoms with Crippen LogP contribution in [0.1, 0.15) is 45.1 Å². The van der Waals surface area contributed by atoms with Crippen LogP contribution < -0.4 is 10.6 Å². The van der Waals surface area contributed by atoms with Crippen molar-refractivity contribution >= 4 is 17.5 Å². The molecule has 0 bridgehead atoms. The van der Waals surface area contributed by atoms with E-state index in [4.69, 9.17) is 11.6 Å². The molecule has 0 saturated carbocycles. The Kier molecular flexibility index (Phi) is 6.27.